The Morgan fingerprint density at radius 2 is 2.19 bits per heavy atom. The smallest absolute Gasteiger partial charge is 0.223 e. The van der Waals surface area contributed by atoms with Crippen molar-refractivity contribution in [1.82, 2.24) is 19.4 Å². The van der Waals surface area contributed by atoms with Crippen molar-refractivity contribution in [1.29, 1.82) is 0 Å². The summed E-state index contributed by atoms with van der Waals surface area (Å²) in [6.45, 7) is 2.74. The molecule has 0 aliphatic heterocycles. The van der Waals surface area contributed by atoms with Crippen LogP contribution in [0.1, 0.15) is 11.3 Å². The van der Waals surface area contributed by atoms with Gasteiger partial charge in [0.15, 0.2) is 0 Å². The quantitative estimate of drug-likeness (QED) is 0.723. The van der Waals surface area contributed by atoms with Crippen molar-refractivity contribution in [2.24, 2.45) is 0 Å². The van der Waals surface area contributed by atoms with Crippen LogP contribution in [0.25, 0.3) is 5.65 Å². The molecular weight excluding hydrogens is 288 g/mol. The number of nitrogens with two attached hydrogens (primary N) is 1. The fourth-order valence-electron chi connectivity index (χ4n) is 2.17. The number of hydrogen-bond acceptors (Lipinski definition) is 5. The summed E-state index contributed by atoms with van der Waals surface area (Å²) in [6, 6.07) is 5.71. The third kappa shape index (κ3) is 3.05. The number of fused-ring (bicyclic) bond motifs is 1. The monoisotopic (exact) mass is 302 g/mol. The van der Waals surface area contributed by atoms with E-state index in [1.165, 1.54) is 0 Å². The minimum absolute atomic E-state index is 0.161. The first kappa shape index (κ1) is 13.6. The summed E-state index contributed by atoms with van der Waals surface area (Å²) in [7, 11) is 0. The number of pyridine rings is 1. The SMILES string of the molecule is Cc1cccn2cc(CCNc3cc(Cl)nc(N)n3)nc12. The number of imidazole rings is 1. The van der Waals surface area contributed by atoms with Crippen LogP contribution in [0.2, 0.25) is 5.15 Å². The van der Waals surface area contributed by atoms with Crippen molar-refractivity contribution in [2.45, 2.75) is 13.3 Å². The number of nitrogen functional groups attached to an aromatic ring is 1. The van der Waals surface area contributed by atoms with Crippen molar-refractivity contribution < 1.29 is 0 Å². The van der Waals surface area contributed by atoms with Crippen LogP contribution in [-0.4, -0.2) is 25.9 Å². The molecule has 6 nitrogen and oxygen atoms in total. The van der Waals surface area contributed by atoms with Gasteiger partial charge in [-0.25, -0.2) is 9.97 Å². The molecule has 3 heterocycles. The molecule has 0 radical (unpaired) electrons. The molecule has 3 N–H and O–H groups in total. The largest absolute Gasteiger partial charge is 0.369 e. The van der Waals surface area contributed by atoms with E-state index in [2.05, 4.69) is 33.3 Å². The third-order valence-electron chi connectivity index (χ3n) is 3.13. The Bertz CT molecular complexity index is 762. The van der Waals surface area contributed by atoms with Crippen LogP contribution >= 0.6 is 11.6 Å². The predicted molar refractivity (Wildman–Crippen MR) is 83.6 cm³/mol. The normalized spacial score (nSPS) is 11.0. The van der Waals surface area contributed by atoms with Gasteiger partial charge in [-0.1, -0.05) is 17.7 Å². The highest BCUT2D eigenvalue weighted by molar-refractivity contribution is 6.29. The van der Waals surface area contributed by atoms with E-state index in [4.69, 9.17) is 17.3 Å². The molecule has 0 amide bonds. The molecule has 21 heavy (non-hydrogen) atoms. The molecule has 0 aliphatic carbocycles. The number of nitrogens with one attached hydrogen (secondary N) is 1. The van der Waals surface area contributed by atoms with Gasteiger partial charge in [0.1, 0.15) is 16.6 Å². The Morgan fingerprint density at radius 3 is 2.95 bits per heavy atom. The highest BCUT2D eigenvalue weighted by Gasteiger charge is 2.04. The first-order valence-electron chi connectivity index (χ1n) is 6.59. The van der Waals surface area contributed by atoms with Gasteiger partial charge in [-0.3, -0.25) is 0 Å². The van der Waals surface area contributed by atoms with Gasteiger partial charge < -0.3 is 15.5 Å². The molecule has 0 unspecified atom stereocenters. The average molecular weight is 303 g/mol. The number of hydrogen-bond donors (Lipinski definition) is 2. The van der Waals surface area contributed by atoms with Gasteiger partial charge in [-0.15, -0.1) is 0 Å². The van der Waals surface area contributed by atoms with E-state index in [-0.39, 0.29) is 5.95 Å². The second-order valence-corrected chi connectivity index (χ2v) is 5.15. The van der Waals surface area contributed by atoms with E-state index < -0.39 is 0 Å². The second kappa shape index (κ2) is 5.57. The number of aromatic nitrogens is 4. The lowest BCUT2D eigenvalue weighted by molar-refractivity contribution is 0.967. The zero-order valence-electron chi connectivity index (χ0n) is 11.5. The minimum atomic E-state index is 0.161. The van der Waals surface area contributed by atoms with E-state index in [1.807, 2.05) is 22.9 Å². The number of anilines is 2. The molecule has 0 spiro atoms. The fourth-order valence-corrected chi connectivity index (χ4v) is 2.36. The summed E-state index contributed by atoms with van der Waals surface area (Å²) in [5, 5.41) is 3.50. The molecule has 0 saturated carbocycles. The Labute approximate surface area is 127 Å². The Balaban J connectivity index is 1.68. The van der Waals surface area contributed by atoms with Crippen LogP contribution < -0.4 is 11.1 Å². The maximum atomic E-state index is 5.83. The second-order valence-electron chi connectivity index (χ2n) is 4.77. The standard InChI is InChI=1S/C14H15ClN6/c1-9-3-2-6-21-8-10(18-13(9)21)4-5-17-12-7-11(15)19-14(16)20-12/h2-3,6-8H,4-5H2,1H3,(H3,16,17,19,20). The summed E-state index contributed by atoms with van der Waals surface area (Å²) in [5.41, 5.74) is 8.71. The molecule has 3 aromatic heterocycles. The van der Waals surface area contributed by atoms with Gasteiger partial charge in [-0.05, 0) is 18.6 Å². The first-order chi connectivity index (χ1) is 10.1. The maximum Gasteiger partial charge on any atom is 0.223 e. The van der Waals surface area contributed by atoms with Crippen LogP contribution in [0.5, 0.6) is 0 Å². The van der Waals surface area contributed by atoms with Crippen LogP contribution in [0, 0.1) is 6.92 Å². The maximum absolute atomic E-state index is 5.83. The fraction of sp³-hybridized carbons (Fsp3) is 0.214. The molecule has 0 aromatic carbocycles. The number of halogens is 1. The van der Waals surface area contributed by atoms with Crippen molar-refractivity contribution in [3.05, 3.63) is 47.0 Å². The van der Waals surface area contributed by atoms with Crippen molar-refractivity contribution in [3.8, 4) is 0 Å². The molecule has 0 atom stereocenters. The van der Waals surface area contributed by atoms with E-state index >= 15 is 0 Å². The van der Waals surface area contributed by atoms with Gasteiger partial charge in [-0.2, -0.15) is 4.98 Å². The topological polar surface area (TPSA) is 81.1 Å². The van der Waals surface area contributed by atoms with Crippen LogP contribution in [0.4, 0.5) is 11.8 Å². The minimum Gasteiger partial charge on any atom is -0.369 e. The summed E-state index contributed by atoms with van der Waals surface area (Å²) in [6.07, 6.45) is 4.81. The van der Waals surface area contributed by atoms with Gasteiger partial charge >= 0.3 is 0 Å². The van der Waals surface area contributed by atoms with E-state index in [0.29, 0.717) is 17.5 Å². The number of rotatable bonds is 4. The Morgan fingerprint density at radius 1 is 1.33 bits per heavy atom. The molecular formula is C14H15ClN6. The zero-order valence-corrected chi connectivity index (χ0v) is 12.3. The Hall–Kier alpha value is -2.34. The van der Waals surface area contributed by atoms with E-state index in [0.717, 1.165) is 23.3 Å². The van der Waals surface area contributed by atoms with Crippen LogP contribution in [0.15, 0.2) is 30.6 Å². The first-order valence-corrected chi connectivity index (χ1v) is 6.97. The van der Waals surface area contributed by atoms with Crippen LogP contribution in [-0.2, 0) is 6.42 Å². The molecule has 3 aromatic rings. The molecule has 7 heteroatoms. The third-order valence-corrected chi connectivity index (χ3v) is 3.32. The van der Waals surface area contributed by atoms with E-state index in [9.17, 15) is 0 Å². The molecule has 0 aliphatic rings. The van der Waals surface area contributed by atoms with Crippen molar-refractivity contribution in [3.63, 3.8) is 0 Å². The van der Waals surface area contributed by atoms with Crippen molar-refractivity contribution in [2.75, 3.05) is 17.6 Å². The summed E-state index contributed by atoms with van der Waals surface area (Å²) >= 11 is 5.83. The number of nitrogens with zero attached hydrogens (tertiary/aromatic N) is 4. The lowest BCUT2D eigenvalue weighted by Crippen LogP contribution is -2.08. The van der Waals surface area contributed by atoms with E-state index in [1.54, 1.807) is 6.07 Å². The van der Waals surface area contributed by atoms with Gasteiger partial charge in [0.25, 0.3) is 0 Å². The van der Waals surface area contributed by atoms with Gasteiger partial charge in [0, 0.05) is 31.4 Å². The highest BCUT2D eigenvalue weighted by atomic mass is 35.5. The highest BCUT2D eigenvalue weighted by Crippen LogP contribution is 2.13. The zero-order chi connectivity index (χ0) is 14.8. The number of aryl methyl sites for hydroxylation is 1. The lowest BCUT2D eigenvalue weighted by Gasteiger charge is -2.04. The molecule has 108 valence electrons. The molecule has 0 fully saturated rings. The molecule has 0 saturated heterocycles. The summed E-state index contributed by atoms with van der Waals surface area (Å²) in [4.78, 5) is 12.5. The lowest BCUT2D eigenvalue weighted by atomic mass is 10.3. The average Bonchev–Trinajstić information content (AvgIpc) is 2.82. The van der Waals surface area contributed by atoms with Gasteiger partial charge in [0.2, 0.25) is 5.95 Å². The predicted octanol–water partition coefficient (Wildman–Crippen LogP) is 2.32. The summed E-state index contributed by atoms with van der Waals surface area (Å²) < 4.78 is 2.03. The molecule has 0 bridgehead atoms. The summed E-state index contributed by atoms with van der Waals surface area (Å²) in [5.74, 6) is 0.779. The Kier molecular flexibility index (Phi) is 3.62. The van der Waals surface area contributed by atoms with Crippen molar-refractivity contribution >= 4 is 29.0 Å². The van der Waals surface area contributed by atoms with Crippen LogP contribution in [0.3, 0.4) is 0 Å². The molecule has 3 rings (SSSR count). The van der Waals surface area contributed by atoms with Gasteiger partial charge in [0.05, 0.1) is 5.69 Å².